The van der Waals surface area contributed by atoms with E-state index >= 15 is 0 Å². The van der Waals surface area contributed by atoms with Crippen molar-refractivity contribution in [2.24, 2.45) is 11.1 Å². The molecule has 1 N–H and O–H groups in total. The Hall–Kier alpha value is -3.55. The van der Waals surface area contributed by atoms with Gasteiger partial charge in [0.1, 0.15) is 19.0 Å². The van der Waals surface area contributed by atoms with Crippen LogP contribution in [-0.2, 0) is 25.7 Å². The van der Waals surface area contributed by atoms with Crippen LogP contribution in [0.5, 0.6) is 5.75 Å². The predicted octanol–water partition coefficient (Wildman–Crippen LogP) is 4.10. The Kier molecular flexibility index (Phi) is 8.69. The number of nitrogens with zero attached hydrogens (tertiary/aromatic N) is 1. The molecule has 0 aromatic heterocycles. The molecule has 0 radical (unpaired) electrons. The molecule has 0 bridgehead atoms. The summed E-state index contributed by atoms with van der Waals surface area (Å²) >= 11 is 0. The number of carbonyl (C=O) groups is 2. The molecule has 0 saturated carbocycles. The summed E-state index contributed by atoms with van der Waals surface area (Å²) in [5, 5.41) is 6.90. The molecule has 1 heterocycles. The van der Waals surface area contributed by atoms with Crippen molar-refractivity contribution in [1.29, 1.82) is 0 Å². The normalized spacial score (nSPS) is 17.9. The van der Waals surface area contributed by atoms with Crippen LogP contribution in [0.2, 0.25) is 0 Å². The maximum absolute atomic E-state index is 12.6. The van der Waals surface area contributed by atoms with Gasteiger partial charge in [0.2, 0.25) is 0 Å². The maximum Gasteiger partial charge on any atom is 0.407 e. The van der Waals surface area contributed by atoms with Gasteiger partial charge < -0.3 is 24.4 Å². The number of carbonyl (C=O) groups excluding carboxylic acids is 2. The van der Waals surface area contributed by atoms with Gasteiger partial charge in [-0.05, 0) is 37.0 Å². The van der Waals surface area contributed by atoms with Crippen LogP contribution in [0.4, 0.5) is 4.79 Å². The van der Waals surface area contributed by atoms with Crippen molar-refractivity contribution in [3.8, 4) is 5.75 Å². The summed E-state index contributed by atoms with van der Waals surface area (Å²) in [6.45, 7) is 4.55. The lowest BCUT2D eigenvalue weighted by Gasteiger charge is -2.24. The second-order valence-corrected chi connectivity index (χ2v) is 7.99. The Bertz CT molecular complexity index is 934. The van der Waals surface area contributed by atoms with E-state index < -0.39 is 17.7 Å². The van der Waals surface area contributed by atoms with Gasteiger partial charge in [-0.2, -0.15) is 0 Å². The SMILES string of the molecule is CCOC(=O)C1(COc2ccccc2)CC(CC(C)CNC(=O)OCc2ccccc2)=NO1. The van der Waals surface area contributed by atoms with E-state index in [0.717, 1.165) is 5.56 Å². The summed E-state index contributed by atoms with van der Waals surface area (Å²) in [4.78, 5) is 30.2. The highest BCUT2D eigenvalue weighted by Gasteiger charge is 2.49. The Balaban J connectivity index is 1.47. The molecule has 2 aromatic carbocycles. The number of hydrogen-bond acceptors (Lipinski definition) is 7. The minimum Gasteiger partial charge on any atom is -0.489 e. The minimum atomic E-state index is -1.32. The molecule has 0 saturated heterocycles. The Morgan fingerprint density at radius 3 is 2.48 bits per heavy atom. The third-order valence-electron chi connectivity index (χ3n) is 5.09. The van der Waals surface area contributed by atoms with Gasteiger partial charge in [-0.25, -0.2) is 9.59 Å². The summed E-state index contributed by atoms with van der Waals surface area (Å²) in [6, 6.07) is 18.7. The van der Waals surface area contributed by atoms with Gasteiger partial charge in [0.25, 0.3) is 5.60 Å². The van der Waals surface area contributed by atoms with E-state index in [1.54, 1.807) is 19.1 Å². The molecule has 3 rings (SSSR count). The monoisotopic (exact) mass is 454 g/mol. The zero-order chi connectivity index (χ0) is 23.5. The van der Waals surface area contributed by atoms with Gasteiger partial charge in [-0.15, -0.1) is 0 Å². The molecule has 0 fully saturated rings. The Morgan fingerprint density at radius 1 is 1.09 bits per heavy atom. The van der Waals surface area contributed by atoms with Crippen LogP contribution >= 0.6 is 0 Å². The highest BCUT2D eigenvalue weighted by Crippen LogP contribution is 2.29. The molecular formula is C25H30N2O6. The zero-order valence-electron chi connectivity index (χ0n) is 19.0. The fraction of sp³-hybridized carbons (Fsp3) is 0.400. The van der Waals surface area contributed by atoms with E-state index in [1.807, 2.05) is 55.5 Å². The van der Waals surface area contributed by atoms with Crippen molar-refractivity contribution in [3.05, 3.63) is 66.2 Å². The van der Waals surface area contributed by atoms with Crippen molar-refractivity contribution in [3.63, 3.8) is 0 Å². The first-order valence-electron chi connectivity index (χ1n) is 11.0. The summed E-state index contributed by atoms with van der Waals surface area (Å²) in [7, 11) is 0. The van der Waals surface area contributed by atoms with Gasteiger partial charge in [0, 0.05) is 13.0 Å². The fourth-order valence-electron chi connectivity index (χ4n) is 3.39. The van der Waals surface area contributed by atoms with E-state index in [0.29, 0.717) is 24.4 Å². The first-order valence-corrected chi connectivity index (χ1v) is 11.0. The lowest BCUT2D eigenvalue weighted by atomic mass is 9.93. The molecule has 2 atom stereocenters. The number of hydrogen-bond donors (Lipinski definition) is 1. The number of oxime groups is 1. The summed E-state index contributed by atoms with van der Waals surface area (Å²) < 4.78 is 16.2. The molecule has 1 aliphatic heterocycles. The van der Waals surface area contributed by atoms with Crippen LogP contribution in [0.1, 0.15) is 32.3 Å². The number of nitrogens with one attached hydrogen (secondary N) is 1. The van der Waals surface area contributed by atoms with Gasteiger partial charge in [0.15, 0.2) is 0 Å². The third-order valence-corrected chi connectivity index (χ3v) is 5.09. The van der Waals surface area contributed by atoms with Gasteiger partial charge in [-0.3, -0.25) is 0 Å². The number of amides is 1. The van der Waals surface area contributed by atoms with Crippen LogP contribution in [0.15, 0.2) is 65.8 Å². The number of para-hydroxylation sites is 1. The molecule has 176 valence electrons. The molecule has 0 spiro atoms. The summed E-state index contributed by atoms with van der Waals surface area (Å²) in [6.07, 6.45) is 0.333. The molecule has 2 aromatic rings. The first-order chi connectivity index (χ1) is 16.0. The molecular weight excluding hydrogens is 424 g/mol. The van der Waals surface area contributed by atoms with Crippen molar-refractivity contribution in [2.45, 2.75) is 38.9 Å². The largest absolute Gasteiger partial charge is 0.489 e. The van der Waals surface area contributed by atoms with Crippen LogP contribution in [0.25, 0.3) is 0 Å². The summed E-state index contributed by atoms with van der Waals surface area (Å²) in [5.41, 5.74) is 0.320. The van der Waals surface area contributed by atoms with Gasteiger partial charge >= 0.3 is 12.1 Å². The van der Waals surface area contributed by atoms with Crippen molar-refractivity contribution in [1.82, 2.24) is 5.32 Å². The number of ether oxygens (including phenoxy) is 3. The average molecular weight is 455 g/mol. The average Bonchev–Trinajstić information content (AvgIpc) is 3.25. The quantitative estimate of drug-likeness (QED) is 0.514. The topological polar surface area (TPSA) is 95.5 Å². The van der Waals surface area contributed by atoms with E-state index in [2.05, 4.69) is 10.5 Å². The molecule has 1 amide bonds. The number of rotatable bonds is 11. The van der Waals surface area contributed by atoms with E-state index in [1.165, 1.54) is 0 Å². The maximum atomic E-state index is 12.6. The van der Waals surface area contributed by atoms with Crippen LogP contribution < -0.4 is 10.1 Å². The van der Waals surface area contributed by atoms with Crippen molar-refractivity contribution in [2.75, 3.05) is 19.8 Å². The molecule has 8 nitrogen and oxygen atoms in total. The second-order valence-electron chi connectivity index (χ2n) is 7.99. The molecule has 8 heteroatoms. The van der Waals surface area contributed by atoms with E-state index in [9.17, 15) is 9.59 Å². The van der Waals surface area contributed by atoms with Crippen LogP contribution in [-0.4, -0.2) is 43.1 Å². The standard InChI is InChI=1S/C25H30N2O6/c1-3-30-23(28)25(18-32-22-12-8-5-9-13-22)15-21(27-33-25)14-19(2)16-26-24(29)31-17-20-10-6-4-7-11-20/h4-13,19H,3,14-18H2,1-2H3,(H,26,29). The van der Waals surface area contributed by atoms with Crippen molar-refractivity contribution >= 4 is 17.8 Å². The number of alkyl carbamates (subject to hydrolysis) is 1. The number of esters is 1. The Labute approximate surface area is 193 Å². The van der Waals surface area contributed by atoms with Crippen molar-refractivity contribution < 1.29 is 28.6 Å². The molecule has 2 unspecified atom stereocenters. The van der Waals surface area contributed by atoms with E-state index in [4.69, 9.17) is 19.0 Å². The fourth-order valence-corrected chi connectivity index (χ4v) is 3.39. The van der Waals surface area contributed by atoms with Gasteiger partial charge in [0.05, 0.1) is 12.3 Å². The predicted molar refractivity (Wildman–Crippen MR) is 123 cm³/mol. The lowest BCUT2D eigenvalue weighted by Crippen LogP contribution is -2.46. The highest BCUT2D eigenvalue weighted by molar-refractivity contribution is 5.94. The lowest BCUT2D eigenvalue weighted by molar-refractivity contribution is -0.172. The summed E-state index contributed by atoms with van der Waals surface area (Å²) in [5.74, 6) is 0.185. The minimum absolute atomic E-state index is 0.0126. The first kappa shape index (κ1) is 24.1. The second kappa shape index (κ2) is 11.9. The molecule has 0 aliphatic carbocycles. The third kappa shape index (κ3) is 7.24. The number of benzene rings is 2. The van der Waals surface area contributed by atoms with Gasteiger partial charge in [-0.1, -0.05) is 60.6 Å². The highest BCUT2D eigenvalue weighted by atomic mass is 16.7. The van der Waals surface area contributed by atoms with Crippen LogP contribution in [0.3, 0.4) is 0 Å². The smallest absolute Gasteiger partial charge is 0.407 e. The molecule has 1 aliphatic rings. The Morgan fingerprint density at radius 2 is 1.79 bits per heavy atom. The molecule has 33 heavy (non-hydrogen) atoms. The van der Waals surface area contributed by atoms with Crippen LogP contribution in [0, 0.1) is 5.92 Å². The van der Waals surface area contributed by atoms with E-state index in [-0.39, 0.29) is 32.2 Å². The zero-order valence-corrected chi connectivity index (χ0v) is 19.0.